The lowest BCUT2D eigenvalue weighted by atomic mass is 10.1. The van der Waals surface area contributed by atoms with Crippen LogP contribution in [0.3, 0.4) is 0 Å². The van der Waals surface area contributed by atoms with Crippen molar-refractivity contribution in [2.24, 2.45) is 0 Å². The number of nitrogens with zero attached hydrogens (tertiary/aromatic N) is 6. The first-order chi connectivity index (χ1) is 14.0. The van der Waals surface area contributed by atoms with Gasteiger partial charge in [-0.1, -0.05) is 6.07 Å². The molecule has 6 nitrogen and oxygen atoms in total. The SMILES string of the molecule is Cc1cc(C)cc(-n2ccn(CN3CCN(c4cc(C#N)ccn4)CC3)c2=S)c1. The third-order valence-electron chi connectivity index (χ3n) is 5.26. The van der Waals surface area contributed by atoms with E-state index < -0.39 is 0 Å². The van der Waals surface area contributed by atoms with Gasteiger partial charge in [-0.2, -0.15) is 5.26 Å². The Labute approximate surface area is 176 Å². The zero-order valence-electron chi connectivity index (χ0n) is 16.7. The Balaban J connectivity index is 1.43. The summed E-state index contributed by atoms with van der Waals surface area (Å²) < 4.78 is 5.00. The smallest absolute Gasteiger partial charge is 0.185 e. The predicted molar refractivity (Wildman–Crippen MR) is 117 cm³/mol. The molecule has 1 fully saturated rings. The van der Waals surface area contributed by atoms with E-state index in [1.165, 1.54) is 11.1 Å². The molecule has 4 rings (SSSR count). The summed E-state index contributed by atoms with van der Waals surface area (Å²) in [5, 5.41) is 9.09. The topological polar surface area (TPSA) is 53.0 Å². The van der Waals surface area contributed by atoms with Crippen LogP contribution in [0.1, 0.15) is 16.7 Å². The van der Waals surface area contributed by atoms with Gasteiger partial charge in [0.2, 0.25) is 0 Å². The minimum absolute atomic E-state index is 0.649. The Morgan fingerprint density at radius 1 is 1.03 bits per heavy atom. The molecule has 148 valence electrons. The number of imidazole rings is 1. The van der Waals surface area contributed by atoms with Gasteiger partial charge in [-0.25, -0.2) is 4.98 Å². The summed E-state index contributed by atoms with van der Waals surface area (Å²) in [6, 6.07) is 12.3. The molecule has 0 atom stereocenters. The van der Waals surface area contributed by atoms with Crippen molar-refractivity contribution in [3.05, 3.63) is 70.4 Å². The van der Waals surface area contributed by atoms with Gasteiger partial charge in [-0.15, -0.1) is 0 Å². The fourth-order valence-electron chi connectivity index (χ4n) is 3.80. The molecule has 1 aromatic carbocycles. The van der Waals surface area contributed by atoms with E-state index in [0.29, 0.717) is 5.56 Å². The maximum absolute atomic E-state index is 9.09. The van der Waals surface area contributed by atoms with E-state index in [4.69, 9.17) is 17.5 Å². The molecule has 29 heavy (non-hydrogen) atoms. The van der Waals surface area contributed by atoms with Crippen LogP contribution >= 0.6 is 12.2 Å². The first-order valence-corrected chi connectivity index (χ1v) is 10.1. The summed E-state index contributed by atoms with van der Waals surface area (Å²) in [5.41, 5.74) is 4.23. The summed E-state index contributed by atoms with van der Waals surface area (Å²) in [5.74, 6) is 0.876. The van der Waals surface area contributed by atoms with Gasteiger partial charge in [-0.05, 0) is 61.5 Å². The molecule has 1 aliphatic heterocycles. The molecule has 1 saturated heterocycles. The summed E-state index contributed by atoms with van der Waals surface area (Å²) in [6.45, 7) is 8.61. The summed E-state index contributed by atoms with van der Waals surface area (Å²) in [6.07, 6.45) is 5.81. The highest BCUT2D eigenvalue weighted by molar-refractivity contribution is 7.71. The lowest BCUT2D eigenvalue weighted by Crippen LogP contribution is -2.47. The molecule has 0 N–H and O–H groups in total. The van der Waals surface area contributed by atoms with Gasteiger partial charge in [0.15, 0.2) is 4.77 Å². The lowest BCUT2D eigenvalue weighted by molar-refractivity contribution is 0.204. The van der Waals surface area contributed by atoms with Gasteiger partial charge in [0.05, 0.1) is 18.3 Å². The van der Waals surface area contributed by atoms with Crippen molar-refractivity contribution in [2.45, 2.75) is 20.5 Å². The van der Waals surface area contributed by atoms with Gasteiger partial charge < -0.3 is 9.47 Å². The Morgan fingerprint density at radius 2 is 1.76 bits per heavy atom. The van der Waals surface area contributed by atoms with Crippen molar-refractivity contribution in [3.63, 3.8) is 0 Å². The Morgan fingerprint density at radius 3 is 2.45 bits per heavy atom. The fraction of sp³-hybridized carbons (Fsp3) is 0.318. The molecule has 0 amide bonds. The summed E-state index contributed by atoms with van der Waals surface area (Å²) >= 11 is 5.74. The van der Waals surface area contributed by atoms with Crippen molar-refractivity contribution in [3.8, 4) is 11.8 Å². The molecular weight excluding hydrogens is 380 g/mol. The largest absolute Gasteiger partial charge is 0.354 e. The van der Waals surface area contributed by atoms with Crippen molar-refractivity contribution in [1.82, 2.24) is 19.0 Å². The van der Waals surface area contributed by atoms with Crippen molar-refractivity contribution in [1.29, 1.82) is 5.26 Å². The van der Waals surface area contributed by atoms with E-state index in [-0.39, 0.29) is 0 Å². The summed E-state index contributed by atoms with van der Waals surface area (Å²) in [7, 11) is 0. The second-order valence-electron chi connectivity index (χ2n) is 7.53. The maximum Gasteiger partial charge on any atom is 0.185 e. The van der Waals surface area contributed by atoms with E-state index in [1.807, 2.05) is 12.3 Å². The van der Waals surface area contributed by atoms with Crippen LogP contribution in [0.15, 0.2) is 48.9 Å². The van der Waals surface area contributed by atoms with Crippen LogP contribution in [0.2, 0.25) is 0 Å². The first kappa shape index (κ1) is 19.4. The van der Waals surface area contributed by atoms with Gasteiger partial charge in [0, 0.05) is 50.5 Å². The van der Waals surface area contributed by atoms with E-state index >= 15 is 0 Å². The van der Waals surface area contributed by atoms with E-state index in [1.54, 1.807) is 12.3 Å². The van der Waals surface area contributed by atoms with Crippen molar-refractivity contribution in [2.75, 3.05) is 31.1 Å². The molecule has 0 aliphatic carbocycles. The number of rotatable bonds is 4. The number of hydrogen-bond donors (Lipinski definition) is 0. The molecule has 7 heteroatoms. The Bertz CT molecular complexity index is 1090. The van der Waals surface area contributed by atoms with E-state index in [9.17, 15) is 0 Å². The number of piperazine rings is 1. The zero-order chi connectivity index (χ0) is 20.4. The van der Waals surface area contributed by atoms with Crippen LogP contribution in [-0.2, 0) is 6.67 Å². The molecule has 3 aromatic rings. The molecule has 0 spiro atoms. The number of hydrogen-bond acceptors (Lipinski definition) is 5. The van der Waals surface area contributed by atoms with Crippen molar-refractivity contribution < 1.29 is 0 Å². The average molecular weight is 405 g/mol. The van der Waals surface area contributed by atoms with E-state index in [2.05, 4.69) is 68.2 Å². The van der Waals surface area contributed by atoms with Crippen LogP contribution in [-0.4, -0.2) is 45.2 Å². The predicted octanol–water partition coefficient (Wildman–Crippen LogP) is 3.67. The van der Waals surface area contributed by atoms with Crippen LogP contribution in [0.5, 0.6) is 0 Å². The molecule has 0 bridgehead atoms. The zero-order valence-corrected chi connectivity index (χ0v) is 17.6. The standard InChI is InChI=1S/C22H24N6S/c1-17-11-18(2)13-20(12-17)28-10-9-27(22(28)29)16-25-5-7-26(8-6-25)21-14-19(15-23)3-4-24-21/h3-4,9-14H,5-8,16H2,1-2H3. The van der Waals surface area contributed by atoms with Crippen LogP contribution in [0, 0.1) is 29.9 Å². The second-order valence-corrected chi connectivity index (χ2v) is 7.89. The first-order valence-electron chi connectivity index (χ1n) is 9.73. The van der Waals surface area contributed by atoms with Crippen LogP contribution < -0.4 is 4.90 Å². The molecule has 3 heterocycles. The minimum Gasteiger partial charge on any atom is -0.354 e. The van der Waals surface area contributed by atoms with E-state index in [0.717, 1.165) is 49.1 Å². The quantitative estimate of drug-likeness (QED) is 0.621. The Hall–Kier alpha value is -2.95. The Kier molecular flexibility index (Phi) is 5.47. The minimum atomic E-state index is 0.649. The number of anilines is 1. The monoisotopic (exact) mass is 404 g/mol. The molecule has 1 aliphatic rings. The van der Waals surface area contributed by atoms with Crippen molar-refractivity contribution >= 4 is 18.0 Å². The van der Waals surface area contributed by atoms with Gasteiger partial charge in [0.1, 0.15) is 5.82 Å². The van der Waals surface area contributed by atoms with Crippen LogP contribution in [0.25, 0.3) is 5.69 Å². The normalized spacial score (nSPS) is 14.7. The number of aryl methyl sites for hydroxylation is 2. The molecule has 0 radical (unpaired) electrons. The van der Waals surface area contributed by atoms with Gasteiger partial charge in [0.25, 0.3) is 0 Å². The van der Waals surface area contributed by atoms with Gasteiger partial charge >= 0.3 is 0 Å². The molecular formula is C22H24N6S. The third-order valence-corrected chi connectivity index (χ3v) is 5.69. The molecule has 2 aromatic heterocycles. The third kappa shape index (κ3) is 4.24. The molecule has 0 saturated carbocycles. The molecule has 0 unspecified atom stereocenters. The van der Waals surface area contributed by atoms with Gasteiger partial charge in [-0.3, -0.25) is 9.47 Å². The number of aromatic nitrogens is 3. The highest BCUT2D eigenvalue weighted by Crippen LogP contribution is 2.17. The van der Waals surface area contributed by atoms with Crippen LogP contribution in [0.4, 0.5) is 5.82 Å². The maximum atomic E-state index is 9.09. The highest BCUT2D eigenvalue weighted by atomic mass is 32.1. The summed E-state index contributed by atoms with van der Waals surface area (Å²) in [4.78, 5) is 9.04. The second kappa shape index (κ2) is 8.19. The number of nitriles is 1. The number of pyridine rings is 1. The number of benzene rings is 1. The highest BCUT2D eigenvalue weighted by Gasteiger charge is 2.19. The lowest BCUT2D eigenvalue weighted by Gasteiger charge is -2.35. The average Bonchev–Trinajstić information content (AvgIpc) is 3.08. The fourth-order valence-corrected chi connectivity index (χ4v) is 4.09.